The van der Waals surface area contributed by atoms with E-state index in [1.54, 1.807) is 0 Å². The first kappa shape index (κ1) is 10.7. The van der Waals surface area contributed by atoms with Crippen molar-refractivity contribution in [2.45, 2.75) is 26.7 Å². The van der Waals surface area contributed by atoms with E-state index < -0.39 is 5.97 Å². The van der Waals surface area contributed by atoms with Crippen LogP contribution in [-0.4, -0.2) is 23.3 Å². The molecule has 0 amide bonds. The first-order chi connectivity index (χ1) is 6.63. The van der Waals surface area contributed by atoms with Crippen molar-refractivity contribution in [1.29, 1.82) is 0 Å². The molecule has 1 rings (SSSR count). The van der Waals surface area contributed by atoms with Crippen molar-refractivity contribution in [1.82, 2.24) is 10.2 Å². The van der Waals surface area contributed by atoms with Gasteiger partial charge in [0.1, 0.15) is 0 Å². The molecule has 5 heteroatoms. The van der Waals surface area contributed by atoms with E-state index in [4.69, 9.17) is 4.42 Å². The highest BCUT2D eigenvalue weighted by molar-refractivity contribution is 5.83. The summed E-state index contributed by atoms with van der Waals surface area (Å²) in [4.78, 5) is 10.9. The van der Waals surface area contributed by atoms with Gasteiger partial charge in [0.25, 0.3) is 0 Å². The third-order valence-corrected chi connectivity index (χ3v) is 1.76. The number of aryl methyl sites for hydroxylation is 1. The topological polar surface area (TPSA) is 65.2 Å². The van der Waals surface area contributed by atoms with Crippen molar-refractivity contribution in [3.63, 3.8) is 0 Å². The van der Waals surface area contributed by atoms with E-state index in [1.807, 2.05) is 0 Å². The van der Waals surface area contributed by atoms with Crippen LogP contribution in [0.2, 0.25) is 0 Å². The molecule has 78 valence electrons. The lowest BCUT2D eigenvalue weighted by atomic mass is 10.1. The number of carbonyl (C=O) groups excluding carboxylic acids is 1. The molecule has 14 heavy (non-hydrogen) atoms. The fourth-order valence-electron chi connectivity index (χ4n) is 0.937. The molecule has 0 saturated carbocycles. The summed E-state index contributed by atoms with van der Waals surface area (Å²) in [5.41, 5.74) is 0. The second kappa shape index (κ2) is 4.74. The summed E-state index contributed by atoms with van der Waals surface area (Å²) in [5, 5.41) is 7.31. The molecule has 0 unspecified atom stereocenters. The molecule has 1 heterocycles. The van der Waals surface area contributed by atoms with Gasteiger partial charge in [0.2, 0.25) is 5.89 Å². The van der Waals surface area contributed by atoms with Crippen molar-refractivity contribution in [2.75, 3.05) is 7.11 Å². The minimum absolute atomic E-state index is 0.0775. The Labute approximate surface area is 82.5 Å². The Morgan fingerprint density at radius 3 is 2.79 bits per heavy atom. The van der Waals surface area contributed by atoms with Gasteiger partial charge in [-0.2, -0.15) is 0 Å². The van der Waals surface area contributed by atoms with Gasteiger partial charge >= 0.3 is 11.9 Å². The number of hydrogen-bond donors (Lipinski definition) is 0. The number of ether oxygens (including phenoxy) is 1. The number of esters is 1. The van der Waals surface area contributed by atoms with E-state index in [1.165, 1.54) is 7.11 Å². The monoisotopic (exact) mass is 198 g/mol. The second-order valence-electron chi connectivity index (χ2n) is 3.43. The maximum Gasteiger partial charge on any atom is 0.396 e. The Kier molecular flexibility index (Phi) is 3.62. The molecule has 0 spiro atoms. The third kappa shape index (κ3) is 2.83. The molecule has 0 saturated heterocycles. The molecule has 0 bridgehead atoms. The summed E-state index contributed by atoms with van der Waals surface area (Å²) < 4.78 is 9.53. The summed E-state index contributed by atoms with van der Waals surface area (Å²) >= 11 is 0. The van der Waals surface area contributed by atoms with E-state index in [9.17, 15) is 4.79 Å². The van der Waals surface area contributed by atoms with E-state index in [-0.39, 0.29) is 5.89 Å². The van der Waals surface area contributed by atoms with Crippen molar-refractivity contribution >= 4 is 5.97 Å². The van der Waals surface area contributed by atoms with Crippen LogP contribution in [0.15, 0.2) is 4.42 Å². The van der Waals surface area contributed by atoms with Crippen LogP contribution < -0.4 is 0 Å². The van der Waals surface area contributed by atoms with Crippen LogP contribution in [0.25, 0.3) is 0 Å². The number of methoxy groups -OCH3 is 1. The van der Waals surface area contributed by atoms with Gasteiger partial charge < -0.3 is 9.15 Å². The molecule has 0 fully saturated rings. The predicted molar refractivity (Wildman–Crippen MR) is 48.8 cm³/mol. The van der Waals surface area contributed by atoms with E-state index >= 15 is 0 Å². The average Bonchev–Trinajstić information content (AvgIpc) is 2.62. The molecule has 0 aliphatic heterocycles. The molecular formula is C9H14N2O3. The Bertz CT molecular complexity index is 307. The maximum absolute atomic E-state index is 10.9. The number of aromatic nitrogens is 2. The smallest absolute Gasteiger partial charge is 0.396 e. The number of hydrogen-bond acceptors (Lipinski definition) is 5. The van der Waals surface area contributed by atoms with Gasteiger partial charge in [-0.05, 0) is 12.3 Å². The van der Waals surface area contributed by atoms with Crippen LogP contribution in [-0.2, 0) is 11.2 Å². The van der Waals surface area contributed by atoms with Gasteiger partial charge in [0.05, 0.1) is 7.11 Å². The molecular weight excluding hydrogens is 184 g/mol. The summed E-state index contributed by atoms with van der Waals surface area (Å²) in [6.45, 7) is 4.22. The zero-order valence-electron chi connectivity index (χ0n) is 8.61. The maximum atomic E-state index is 10.9. The molecule has 1 aromatic heterocycles. The highest BCUT2D eigenvalue weighted by Gasteiger charge is 2.14. The Hall–Kier alpha value is -1.39. The van der Waals surface area contributed by atoms with Crippen molar-refractivity contribution in [3.8, 4) is 0 Å². The number of nitrogens with zero attached hydrogens (tertiary/aromatic N) is 2. The fourth-order valence-corrected chi connectivity index (χ4v) is 0.937. The standard InChI is InChI=1S/C9H14N2O3/c1-6(2)4-5-7-10-11-8(14-7)9(12)13-3/h6H,4-5H2,1-3H3. The van der Waals surface area contributed by atoms with Crippen molar-refractivity contribution in [2.24, 2.45) is 5.92 Å². The third-order valence-electron chi connectivity index (χ3n) is 1.76. The SMILES string of the molecule is COC(=O)c1nnc(CCC(C)C)o1. The Morgan fingerprint density at radius 1 is 1.50 bits per heavy atom. The van der Waals surface area contributed by atoms with Gasteiger partial charge in [0, 0.05) is 6.42 Å². The quantitative estimate of drug-likeness (QED) is 0.685. The van der Waals surface area contributed by atoms with E-state index in [0.29, 0.717) is 18.2 Å². The first-order valence-corrected chi connectivity index (χ1v) is 4.54. The highest BCUT2D eigenvalue weighted by Crippen LogP contribution is 2.08. The highest BCUT2D eigenvalue weighted by atomic mass is 16.5. The summed E-state index contributed by atoms with van der Waals surface area (Å²) in [5.74, 6) is 0.391. The van der Waals surface area contributed by atoms with E-state index in [2.05, 4.69) is 28.8 Å². The molecule has 0 N–H and O–H groups in total. The molecule has 0 atom stereocenters. The summed E-state index contributed by atoms with van der Waals surface area (Å²) in [7, 11) is 1.28. The van der Waals surface area contributed by atoms with E-state index in [0.717, 1.165) is 6.42 Å². The Balaban J connectivity index is 2.55. The van der Waals surface area contributed by atoms with Gasteiger partial charge in [-0.1, -0.05) is 13.8 Å². The van der Waals surface area contributed by atoms with Crippen LogP contribution >= 0.6 is 0 Å². The zero-order valence-corrected chi connectivity index (χ0v) is 8.61. The molecule has 1 aromatic rings. The minimum atomic E-state index is -0.590. The average molecular weight is 198 g/mol. The van der Waals surface area contributed by atoms with Crippen LogP contribution in [0.5, 0.6) is 0 Å². The van der Waals surface area contributed by atoms with Crippen molar-refractivity contribution in [3.05, 3.63) is 11.8 Å². The largest absolute Gasteiger partial charge is 0.462 e. The lowest BCUT2D eigenvalue weighted by molar-refractivity contribution is 0.0554. The van der Waals surface area contributed by atoms with Gasteiger partial charge in [-0.25, -0.2) is 4.79 Å². The van der Waals surface area contributed by atoms with Gasteiger partial charge in [0.15, 0.2) is 0 Å². The van der Waals surface area contributed by atoms with Crippen LogP contribution in [0.3, 0.4) is 0 Å². The van der Waals surface area contributed by atoms with Crippen LogP contribution in [0.4, 0.5) is 0 Å². The molecule has 5 nitrogen and oxygen atoms in total. The van der Waals surface area contributed by atoms with Crippen LogP contribution in [0, 0.1) is 5.92 Å². The number of carbonyl (C=O) groups is 1. The molecule has 0 aromatic carbocycles. The number of rotatable bonds is 4. The first-order valence-electron chi connectivity index (χ1n) is 4.54. The molecule has 0 aliphatic carbocycles. The normalized spacial score (nSPS) is 10.6. The van der Waals surface area contributed by atoms with Gasteiger partial charge in [-0.3, -0.25) is 0 Å². The fraction of sp³-hybridized carbons (Fsp3) is 0.667. The summed E-state index contributed by atoms with van der Waals surface area (Å²) in [6.07, 6.45) is 1.66. The second-order valence-corrected chi connectivity index (χ2v) is 3.43. The molecule has 0 aliphatic rings. The predicted octanol–water partition coefficient (Wildman–Crippen LogP) is 1.44. The van der Waals surface area contributed by atoms with Gasteiger partial charge in [-0.15, -0.1) is 10.2 Å². The van der Waals surface area contributed by atoms with Crippen molar-refractivity contribution < 1.29 is 13.9 Å². The summed E-state index contributed by atoms with van der Waals surface area (Å²) in [6, 6.07) is 0. The van der Waals surface area contributed by atoms with Crippen LogP contribution in [0.1, 0.15) is 36.8 Å². The Morgan fingerprint density at radius 2 is 2.21 bits per heavy atom. The lowest BCUT2D eigenvalue weighted by Crippen LogP contribution is -2.00. The lowest BCUT2D eigenvalue weighted by Gasteiger charge is -1.98. The minimum Gasteiger partial charge on any atom is -0.462 e. The molecule has 0 radical (unpaired) electrons. The zero-order chi connectivity index (χ0) is 10.6.